The van der Waals surface area contributed by atoms with Gasteiger partial charge in [-0.05, 0) is 56.3 Å². The molecule has 2 aromatic carbocycles. The molecular formula is C21H15F3N4O. The summed E-state index contributed by atoms with van der Waals surface area (Å²) in [6, 6.07) is 10.2. The minimum Gasteiger partial charge on any atom is -0.319 e. The van der Waals surface area contributed by atoms with Gasteiger partial charge in [-0.3, -0.25) is 4.79 Å². The van der Waals surface area contributed by atoms with Crippen molar-refractivity contribution in [1.29, 1.82) is 5.26 Å². The molecule has 0 aliphatic heterocycles. The van der Waals surface area contributed by atoms with Gasteiger partial charge in [-0.1, -0.05) is 0 Å². The molecule has 0 saturated carbocycles. The number of halogens is 3. The van der Waals surface area contributed by atoms with Crippen LogP contribution in [0, 0.1) is 42.6 Å². The molecule has 0 unspecified atom stereocenters. The third-order valence-electron chi connectivity index (χ3n) is 4.25. The number of aromatic nitrogens is 2. The van der Waals surface area contributed by atoms with Crippen LogP contribution in [0.25, 0.3) is 11.8 Å². The van der Waals surface area contributed by atoms with Gasteiger partial charge in [0.05, 0.1) is 17.1 Å². The second-order valence-corrected chi connectivity index (χ2v) is 6.22. The van der Waals surface area contributed by atoms with Crippen LogP contribution in [-0.4, -0.2) is 15.7 Å². The number of amides is 1. The van der Waals surface area contributed by atoms with Crippen LogP contribution in [0.1, 0.15) is 17.0 Å². The van der Waals surface area contributed by atoms with Crippen molar-refractivity contribution in [3.05, 3.63) is 82.4 Å². The number of aryl methyl sites for hydroxylation is 1. The van der Waals surface area contributed by atoms with Crippen molar-refractivity contribution in [1.82, 2.24) is 9.78 Å². The molecule has 1 aromatic heterocycles. The van der Waals surface area contributed by atoms with Gasteiger partial charge in [-0.15, -0.1) is 0 Å². The highest BCUT2D eigenvalue weighted by atomic mass is 19.1. The van der Waals surface area contributed by atoms with Gasteiger partial charge in [-0.25, -0.2) is 17.9 Å². The first-order chi connectivity index (χ1) is 13.8. The molecular weight excluding hydrogens is 381 g/mol. The van der Waals surface area contributed by atoms with E-state index in [4.69, 9.17) is 0 Å². The van der Waals surface area contributed by atoms with E-state index >= 15 is 0 Å². The summed E-state index contributed by atoms with van der Waals surface area (Å²) in [6.45, 7) is 3.44. The van der Waals surface area contributed by atoms with Crippen LogP contribution in [0.5, 0.6) is 0 Å². The van der Waals surface area contributed by atoms with E-state index < -0.39 is 17.5 Å². The minimum atomic E-state index is -0.952. The molecule has 29 heavy (non-hydrogen) atoms. The monoisotopic (exact) mass is 396 g/mol. The number of benzene rings is 2. The quantitative estimate of drug-likeness (QED) is 0.523. The summed E-state index contributed by atoms with van der Waals surface area (Å²) in [4.78, 5) is 12.4. The molecule has 0 saturated heterocycles. The lowest BCUT2D eigenvalue weighted by molar-refractivity contribution is -0.112. The summed E-state index contributed by atoms with van der Waals surface area (Å²) >= 11 is 0. The third kappa shape index (κ3) is 4.19. The van der Waals surface area contributed by atoms with Gasteiger partial charge in [0.25, 0.3) is 5.91 Å². The van der Waals surface area contributed by atoms with Crippen molar-refractivity contribution >= 4 is 17.7 Å². The van der Waals surface area contributed by atoms with Crippen molar-refractivity contribution < 1.29 is 18.0 Å². The molecule has 3 rings (SSSR count). The standard InChI is InChI=1S/C21H15F3N4O/c1-12-18(13(2)28(27-12)17-6-3-15(22)4-7-17)9-14(11-25)21(29)26-20-8-5-16(23)10-19(20)24/h3-10H,1-2H3,(H,26,29)/b14-9+. The largest absolute Gasteiger partial charge is 0.319 e. The van der Waals surface area contributed by atoms with E-state index in [-0.39, 0.29) is 17.1 Å². The molecule has 146 valence electrons. The molecule has 3 aromatic rings. The number of rotatable bonds is 4. The Morgan fingerprint density at radius 3 is 2.38 bits per heavy atom. The zero-order chi connectivity index (χ0) is 21.1. The first kappa shape index (κ1) is 19.9. The van der Waals surface area contributed by atoms with Crippen LogP contribution in [0.2, 0.25) is 0 Å². The van der Waals surface area contributed by atoms with Gasteiger partial charge in [0.2, 0.25) is 0 Å². The average Bonchev–Trinajstić information content (AvgIpc) is 2.96. The number of hydrogen-bond donors (Lipinski definition) is 1. The van der Waals surface area contributed by atoms with Crippen molar-refractivity contribution in [2.24, 2.45) is 0 Å². The number of anilines is 1. The van der Waals surface area contributed by atoms with E-state index in [2.05, 4.69) is 10.4 Å². The number of carbonyl (C=O) groups excluding carboxylic acids is 1. The van der Waals surface area contributed by atoms with Crippen molar-refractivity contribution in [2.45, 2.75) is 13.8 Å². The predicted molar refractivity (Wildman–Crippen MR) is 102 cm³/mol. The smallest absolute Gasteiger partial charge is 0.266 e. The fraction of sp³-hybridized carbons (Fsp3) is 0.0952. The highest BCUT2D eigenvalue weighted by molar-refractivity contribution is 6.09. The fourth-order valence-electron chi connectivity index (χ4n) is 2.77. The summed E-state index contributed by atoms with van der Waals surface area (Å²) < 4.78 is 41.5. The summed E-state index contributed by atoms with van der Waals surface area (Å²) in [6.07, 6.45) is 1.34. The van der Waals surface area contributed by atoms with E-state index in [1.54, 1.807) is 36.7 Å². The zero-order valence-corrected chi connectivity index (χ0v) is 15.5. The van der Waals surface area contributed by atoms with Gasteiger partial charge in [0, 0.05) is 17.3 Å². The van der Waals surface area contributed by atoms with E-state index in [1.807, 2.05) is 0 Å². The molecule has 0 radical (unpaired) electrons. The van der Waals surface area contributed by atoms with Crippen LogP contribution < -0.4 is 5.32 Å². The second-order valence-electron chi connectivity index (χ2n) is 6.22. The lowest BCUT2D eigenvalue weighted by atomic mass is 10.1. The SMILES string of the molecule is Cc1nn(-c2ccc(F)cc2)c(C)c1/C=C(\C#N)C(=O)Nc1ccc(F)cc1F. The molecule has 0 atom stereocenters. The summed E-state index contributed by atoms with van der Waals surface area (Å²) in [5, 5.41) is 16.0. The van der Waals surface area contributed by atoms with Crippen molar-refractivity contribution in [3.63, 3.8) is 0 Å². The number of carbonyl (C=O) groups is 1. The summed E-state index contributed by atoms with van der Waals surface area (Å²) in [7, 11) is 0. The van der Waals surface area contributed by atoms with Crippen molar-refractivity contribution in [3.8, 4) is 11.8 Å². The molecule has 0 aliphatic rings. The van der Waals surface area contributed by atoms with Crippen LogP contribution in [0.3, 0.4) is 0 Å². The molecule has 0 fully saturated rings. The minimum absolute atomic E-state index is 0.243. The third-order valence-corrected chi connectivity index (χ3v) is 4.25. The Morgan fingerprint density at radius 2 is 1.76 bits per heavy atom. The molecule has 0 aliphatic carbocycles. The Bertz CT molecular complexity index is 1160. The van der Waals surface area contributed by atoms with Gasteiger partial charge in [0.15, 0.2) is 0 Å². The Kier molecular flexibility index (Phi) is 5.50. The molecule has 8 heteroatoms. The maximum absolute atomic E-state index is 13.8. The highest BCUT2D eigenvalue weighted by Crippen LogP contribution is 2.22. The molecule has 1 N–H and O–H groups in total. The van der Waals surface area contributed by atoms with Crippen LogP contribution in [0.4, 0.5) is 18.9 Å². The maximum Gasteiger partial charge on any atom is 0.266 e. The van der Waals surface area contributed by atoms with Gasteiger partial charge >= 0.3 is 0 Å². The van der Waals surface area contributed by atoms with Crippen LogP contribution in [0.15, 0.2) is 48.0 Å². The Labute approximate surface area is 164 Å². The van der Waals surface area contributed by atoms with Gasteiger partial charge in [0.1, 0.15) is 29.1 Å². The molecule has 1 heterocycles. The zero-order valence-electron chi connectivity index (χ0n) is 15.5. The molecule has 0 bridgehead atoms. The lowest BCUT2D eigenvalue weighted by Gasteiger charge is -2.06. The average molecular weight is 396 g/mol. The van der Waals surface area contributed by atoms with Gasteiger partial charge < -0.3 is 5.32 Å². The maximum atomic E-state index is 13.8. The number of nitrogens with one attached hydrogen (secondary N) is 1. The molecule has 0 spiro atoms. The first-order valence-corrected chi connectivity index (χ1v) is 8.50. The van der Waals surface area contributed by atoms with Gasteiger partial charge in [-0.2, -0.15) is 10.4 Å². The number of hydrogen-bond acceptors (Lipinski definition) is 3. The molecule has 1 amide bonds. The van der Waals surface area contributed by atoms with Crippen molar-refractivity contribution in [2.75, 3.05) is 5.32 Å². The Hall–Kier alpha value is -3.86. The first-order valence-electron chi connectivity index (χ1n) is 8.50. The van der Waals surface area contributed by atoms with Crippen LogP contribution in [-0.2, 0) is 4.79 Å². The van der Waals surface area contributed by atoms with Crippen LogP contribution >= 0.6 is 0 Å². The Balaban J connectivity index is 1.94. The highest BCUT2D eigenvalue weighted by Gasteiger charge is 2.17. The normalized spacial score (nSPS) is 11.2. The fourth-order valence-corrected chi connectivity index (χ4v) is 2.77. The molecule has 5 nitrogen and oxygen atoms in total. The van der Waals surface area contributed by atoms with E-state index in [1.165, 1.54) is 18.2 Å². The lowest BCUT2D eigenvalue weighted by Crippen LogP contribution is -2.14. The van der Waals surface area contributed by atoms with E-state index in [0.29, 0.717) is 28.7 Å². The second kappa shape index (κ2) is 8.02. The number of nitriles is 1. The summed E-state index contributed by atoms with van der Waals surface area (Å²) in [5.41, 5.74) is 1.79. The van der Waals surface area contributed by atoms with E-state index in [0.717, 1.165) is 12.1 Å². The topological polar surface area (TPSA) is 70.7 Å². The van der Waals surface area contributed by atoms with E-state index in [9.17, 15) is 23.2 Å². The Morgan fingerprint density at radius 1 is 1.10 bits per heavy atom. The summed E-state index contributed by atoms with van der Waals surface area (Å²) in [5.74, 6) is -2.96. The predicted octanol–water partition coefficient (Wildman–Crippen LogP) is 4.45. The number of nitrogens with zero attached hydrogens (tertiary/aromatic N) is 3.